The molecule has 2 rings (SSSR count). The van der Waals surface area contributed by atoms with Gasteiger partial charge in [0.2, 0.25) is 10.0 Å². The topological polar surface area (TPSA) is 96.6 Å². The number of nitrogens with zero attached hydrogens (tertiary/aromatic N) is 1. The Balaban J connectivity index is 0.00000288. The third-order valence-corrected chi connectivity index (χ3v) is 4.79. The van der Waals surface area contributed by atoms with E-state index in [1.807, 2.05) is 24.4 Å². The highest BCUT2D eigenvalue weighted by atomic mass is 127. The number of thiophene rings is 1. The molecule has 0 fully saturated rings. The molecule has 24 heavy (non-hydrogen) atoms. The minimum absolute atomic E-state index is 0. The first-order valence-corrected chi connectivity index (χ1v) is 9.58. The number of aliphatic imine (C=N–C) groups is 1. The van der Waals surface area contributed by atoms with Gasteiger partial charge in [-0.15, -0.1) is 35.3 Å². The van der Waals surface area contributed by atoms with Crippen LogP contribution in [0.15, 0.2) is 51.7 Å². The lowest BCUT2D eigenvalue weighted by Gasteiger charge is -2.10. The Morgan fingerprint density at radius 1 is 1.25 bits per heavy atom. The molecule has 0 amide bonds. The van der Waals surface area contributed by atoms with Gasteiger partial charge in [-0.05, 0) is 36.1 Å². The van der Waals surface area contributed by atoms with Crippen LogP contribution in [0.5, 0.6) is 0 Å². The first kappa shape index (κ1) is 20.9. The van der Waals surface area contributed by atoms with Crippen molar-refractivity contribution in [2.24, 2.45) is 10.1 Å². The fourth-order valence-corrected chi connectivity index (χ4v) is 3.15. The molecule has 4 N–H and O–H groups in total. The van der Waals surface area contributed by atoms with Crippen molar-refractivity contribution in [3.8, 4) is 0 Å². The van der Waals surface area contributed by atoms with Crippen LogP contribution in [0.1, 0.15) is 17.4 Å². The molecular formula is C15H21IN4O2S2. The molecule has 1 aromatic heterocycles. The Labute approximate surface area is 163 Å². The zero-order chi connectivity index (χ0) is 16.7. The van der Waals surface area contributed by atoms with Crippen LogP contribution in [-0.2, 0) is 23.1 Å². The van der Waals surface area contributed by atoms with Crippen molar-refractivity contribution in [2.45, 2.75) is 24.9 Å². The summed E-state index contributed by atoms with van der Waals surface area (Å²) in [6.45, 7) is 3.79. The zero-order valence-electron chi connectivity index (χ0n) is 13.2. The molecule has 0 bridgehead atoms. The molecule has 0 saturated carbocycles. The van der Waals surface area contributed by atoms with Crippen LogP contribution in [0.25, 0.3) is 0 Å². The van der Waals surface area contributed by atoms with Gasteiger partial charge in [-0.3, -0.25) is 0 Å². The van der Waals surface area contributed by atoms with Gasteiger partial charge < -0.3 is 10.6 Å². The van der Waals surface area contributed by atoms with Gasteiger partial charge in [0.1, 0.15) is 0 Å². The molecule has 0 atom stereocenters. The molecule has 132 valence electrons. The number of hydrogen-bond donors (Lipinski definition) is 3. The van der Waals surface area contributed by atoms with Crippen LogP contribution in [0.4, 0.5) is 0 Å². The van der Waals surface area contributed by atoms with E-state index in [1.165, 1.54) is 10.9 Å². The van der Waals surface area contributed by atoms with Crippen molar-refractivity contribution in [2.75, 3.05) is 6.54 Å². The second kappa shape index (κ2) is 9.97. The summed E-state index contributed by atoms with van der Waals surface area (Å²) in [6.07, 6.45) is 0. The van der Waals surface area contributed by atoms with Gasteiger partial charge >= 0.3 is 0 Å². The lowest BCUT2D eigenvalue weighted by molar-refractivity contribution is 0.597. The summed E-state index contributed by atoms with van der Waals surface area (Å²) < 4.78 is 22.8. The number of primary sulfonamides is 1. The molecule has 0 unspecified atom stereocenters. The molecule has 0 aliphatic rings. The van der Waals surface area contributed by atoms with E-state index in [4.69, 9.17) is 5.14 Å². The van der Waals surface area contributed by atoms with Crippen molar-refractivity contribution in [3.05, 3.63) is 52.2 Å². The molecule has 1 heterocycles. The Kier molecular flexibility index (Phi) is 8.67. The number of benzene rings is 1. The Morgan fingerprint density at radius 3 is 2.67 bits per heavy atom. The molecular weight excluding hydrogens is 459 g/mol. The lowest BCUT2D eigenvalue weighted by atomic mass is 10.2. The average Bonchev–Trinajstić information content (AvgIpc) is 3.03. The molecule has 0 aliphatic heterocycles. The molecule has 2 aromatic rings. The van der Waals surface area contributed by atoms with Crippen molar-refractivity contribution in [1.82, 2.24) is 10.6 Å². The largest absolute Gasteiger partial charge is 0.357 e. The Hall–Kier alpha value is -1.17. The average molecular weight is 480 g/mol. The van der Waals surface area contributed by atoms with Gasteiger partial charge in [-0.25, -0.2) is 18.5 Å². The normalized spacial score (nSPS) is 11.7. The molecule has 6 nitrogen and oxygen atoms in total. The van der Waals surface area contributed by atoms with Gasteiger partial charge in [-0.2, -0.15) is 0 Å². The number of halogens is 1. The Morgan fingerprint density at radius 2 is 2.04 bits per heavy atom. The van der Waals surface area contributed by atoms with E-state index in [2.05, 4.69) is 21.7 Å². The predicted molar refractivity (Wildman–Crippen MR) is 109 cm³/mol. The first-order chi connectivity index (χ1) is 11.0. The van der Waals surface area contributed by atoms with Crippen LogP contribution in [0, 0.1) is 0 Å². The van der Waals surface area contributed by atoms with Gasteiger partial charge in [-0.1, -0.05) is 18.2 Å². The molecule has 0 radical (unpaired) electrons. The highest BCUT2D eigenvalue weighted by Gasteiger charge is 2.07. The SMILES string of the molecule is CCNC(=NCc1cccc(S(N)(=O)=O)c1)NCc1cccs1.I. The van der Waals surface area contributed by atoms with E-state index >= 15 is 0 Å². The standard InChI is InChI=1S/C15H20N4O2S2.HI/c1-2-17-15(19-11-13-6-4-8-22-13)18-10-12-5-3-7-14(9-12)23(16,20)21;/h3-9H,2,10-11H2,1H3,(H2,16,20,21)(H2,17,18,19);1H. The number of nitrogens with two attached hydrogens (primary N) is 1. The van der Waals surface area contributed by atoms with E-state index in [1.54, 1.807) is 23.5 Å². The minimum Gasteiger partial charge on any atom is -0.357 e. The van der Waals surface area contributed by atoms with E-state index in [0.29, 0.717) is 19.0 Å². The molecule has 0 aliphatic carbocycles. The van der Waals surface area contributed by atoms with Crippen LogP contribution in [0.2, 0.25) is 0 Å². The lowest BCUT2D eigenvalue weighted by Crippen LogP contribution is -2.36. The zero-order valence-corrected chi connectivity index (χ0v) is 17.2. The summed E-state index contributed by atoms with van der Waals surface area (Å²) in [4.78, 5) is 5.78. The summed E-state index contributed by atoms with van der Waals surface area (Å²) in [5.74, 6) is 0.682. The highest BCUT2D eigenvalue weighted by Crippen LogP contribution is 2.11. The van der Waals surface area contributed by atoms with Gasteiger partial charge in [0.15, 0.2) is 5.96 Å². The van der Waals surface area contributed by atoms with Crippen LogP contribution >= 0.6 is 35.3 Å². The van der Waals surface area contributed by atoms with Gasteiger partial charge in [0.25, 0.3) is 0 Å². The van der Waals surface area contributed by atoms with E-state index in [9.17, 15) is 8.42 Å². The Bertz CT molecular complexity index is 762. The van der Waals surface area contributed by atoms with E-state index in [-0.39, 0.29) is 28.9 Å². The summed E-state index contributed by atoms with van der Waals surface area (Å²) in [5.41, 5.74) is 0.782. The number of rotatable bonds is 6. The van der Waals surface area contributed by atoms with Gasteiger partial charge in [0, 0.05) is 11.4 Å². The third kappa shape index (κ3) is 6.75. The van der Waals surface area contributed by atoms with Crippen molar-refractivity contribution in [3.63, 3.8) is 0 Å². The fraction of sp³-hybridized carbons (Fsp3) is 0.267. The number of guanidine groups is 1. The maximum Gasteiger partial charge on any atom is 0.238 e. The van der Waals surface area contributed by atoms with Crippen LogP contribution in [-0.4, -0.2) is 20.9 Å². The van der Waals surface area contributed by atoms with Crippen molar-refractivity contribution in [1.29, 1.82) is 0 Å². The fourth-order valence-electron chi connectivity index (χ4n) is 1.92. The van der Waals surface area contributed by atoms with E-state index < -0.39 is 10.0 Å². The smallest absolute Gasteiger partial charge is 0.238 e. The summed E-state index contributed by atoms with van der Waals surface area (Å²) in [6, 6.07) is 10.6. The number of nitrogens with one attached hydrogen (secondary N) is 2. The number of hydrogen-bond acceptors (Lipinski definition) is 4. The quantitative estimate of drug-likeness (QED) is 0.336. The van der Waals surface area contributed by atoms with Gasteiger partial charge in [0.05, 0.1) is 18.0 Å². The summed E-state index contributed by atoms with van der Waals surface area (Å²) in [5, 5.41) is 13.6. The monoisotopic (exact) mass is 480 g/mol. The third-order valence-electron chi connectivity index (χ3n) is 3.00. The molecule has 9 heteroatoms. The van der Waals surface area contributed by atoms with E-state index in [0.717, 1.165) is 12.1 Å². The number of sulfonamides is 1. The molecule has 0 spiro atoms. The van der Waals surface area contributed by atoms with Crippen molar-refractivity contribution >= 4 is 51.3 Å². The summed E-state index contributed by atoms with van der Waals surface area (Å²) in [7, 11) is -3.69. The molecule has 0 saturated heterocycles. The maximum absolute atomic E-state index is 11.4. The predicted octanol–water partition coefficient (Wildman–Crippen LogP) is 2.27. The second-order valence-electron chi connectivity index (χ2n) is 4.82. The van der Waals surface area contributed by atoms with Crippen LogP contribution < -0.4 is 15.8 Å². The van der Waals surface area contributed by atoms with Crippen molar-refractivity contribution < 1.29 is 8.42 Å². The minimum atomic E-state index is -3.69. The maximum atomic E-state index is 11.4. The summed E-state index contributed by atoms with van der Waals surface area (Å²) >= 11 is 1.68. The van der Waals surface area contributed by atoms with Crippen LogP contribution in [0.3, 0.4) is 0 Å². The first-order valence-electron chi connectivity index (χ1n) is 7.15. The molecule has 1 aromatic carbocycles. The second-order valence-corrected chi connectivity index (χ2v) is 7.41. The highest BCUT2D eigenvalue weighted by molar-refractivity contribution is 14.0.